The number of rotatable bonds is 10. The van der Waals surface area contributed by atoms with Crippen LogP contribution >= 0.6 is 0 Å². The summed E-state index contributed by atoms with van der Waals surface area (Å²) in [6.45, 7) is 2.47. The number of amides is 2. The number of benzene rings is 2. The topological polar surface area (TPSA) is 70.7 Å². The number of halogens is 1. The Bertz CT molecular complexity index is 1020. The highest BCUT2D eigenvalue weighted by atomic mass is 19.1. The van der Waals surface area contributed by atoms with Crippen LogP contribution in [0.4, 0.5) is 10.1 Å². The minimum absolute atomic E-state index is 0.0613. The van der Waals surface area contributed by atoms with Gasteiger partial charge in [0.05, 0.1) is 7.11 Å². The number of anilines is 1. The van der Waals surface area contributed by atoms with E-state index in [2.05, 4.69) is 15.5 Å². The van der Waals surface area contributed by atoms with E-state index in [9.17, 15) is 14.0 Å². The lowest BCUT2D eigenvalue weighted by atomic mass is 9.78. The SMILES string of the molecule is COc1cccc(C(=O)NCCC(C(=O)NCCN2CCc3ccc(F)cc32)C2CCCCC2)c1. The first-order valence-corrected chi connectivity index (χ1v) is 12.8. The van der Waals surface area contributed by atoms with Gasteiger partial charge in [0.15, 0.2) is 0 Å². The molecule has 2 N–H and O–H groups in total. The Kier molecular flexibility index (Phi) is 8.61. The highest BCUT2D eigenvalue weighted by Crippen LogP contribution is 2.32. The molecule has 1 atom stereocenters. The molecule has 0 radical (unpaired) electrons. The van der Waals surface area contributed by atoms with Gasteiger partial charge in [-0.1, -0.05) is 31.4 Å². The Morgan fingerprint density at radius 3 is 2.71 bits per heavy atom. The number of hydrogen-bond acceptors (Lipinski definition) is 4. The molecule has 6 nitrogen and oxygen atoms in total. The van der Waals surface area contributed by atoms with E-state index in [1.54, 1.807) is 37.4 Å². The van der Waals surface area contributed by atoms with Crippen molar-refractivity contribution in [1.82, 2.24) is 10.6 Å². The molecule has 0 spiro atoms. The van der Waals surface area contributed by atoms with Crippen molar-refractivity contribution < 1.29 is 18.7 Å². The number of methoxy groups -OCH3 is 1. The van der Waals surface area contributed by atoms with Crippen molar-refractivity contribution >= 4 is 17.5 Å². The van der Waals surface area contributed by atoms with Crippen LogP contribution in [0, 0.1) is 17.7 Å². The fourth-order valence-corrected chi connectivity index (χ4v) is 5.42. The average Bonchev–Trinajstić information content (AvgIpc) is 3.28. The minimum atomic E-state index is -0.229. The molecule has 7 heteroatoms. The van der Waals surface area contributed by atoms with Crippen LogP contribution in [0.1, 0.15) is 54.4 Å². The van der Waals surface area contributed by atoms with Gasteiger partial charge >= 0.3 is 0 Å². The number of nitrogens with zero attached hydrogens (tertiary/aromatic N) is 1. The third-order valence-electron chi connectivity index (χ3n) is 7.35. The molecule has 0 aromatic heterocycles. The summed E-state index contributed by atoms with van der Waals surface area (Å²) >= 11 is 0. The summed E-state index contributed by atoms with van der Waals surface area (Å²) in [5, 5.41) is 6.11. The first kappa shape index (κ1) is 25.0. The van der Waals surface area contributed by atoms with Crippen molar-refractivity contribution in [3.63, 3.8) is 0 Å². The average molecular weight is 482 g/mol. The number of carbonyl (C=O) groups excluding carboxylic acids is 2. The molecule has 0 saturated heterocycles. The van der Waals surface area contributed by atoms with E-state index in [1.807, 2.05) is 6.07 Å². The third kappa shape index (κ3) is 6.53. The van der Waals surface area contributed by atoms with Crippen molar-refractivity contribution in [3.05, 3.63) is 59.4 Å². The molecule has 2 amide bonds. The monoisotopic (exact) mass is 481 g/mol. The van der Waals surface area contributed by atoms with Crippen LogP contribution in [-0.4, -0.2) is 45.1 Å². The zero-order valence-electron chi connectivity index (χ0n) is 20.5. The van der Waals surface area contributed by atoms with E-state index in [1.165, 1.54) is 12.5 Å². The van der Waals surface area contributed by atoms with Gasteiger partial charge in [-0.3, -0.25) is 9.59 Å². The first-order valence-electron chi connectivity index (χ1n) is 12.8. The normalized spacial score (nSPS) is 16.5. The second-order valence-corrected chi connectivity index (χ2v) is 9.58. The van der Waals surface area contributed by atoms with E-state index in [-0.39, 0.29) is 23.5 Å². The maximum Gasteiger partial charge on any atom is 0.251 e. The molecule has 1 aliphatic carbocycles. The highest BCUT2D eigenvalue weighted by molar-refractivity contribution is 5.94. The molecule has 188 valence electrons. The molecular weight excluding hydrogens is 445 g/mol. The highest BCUT2D eigenvalue weighted by Gasteiger charge is 2.29. The second kappa shape index (κ2) is 12.0. The number of fused-ring (bicyclic) bond motifs is 1. The zero-order valence-corrected chi connectivity index (χ0v) is 20.5. The van der Waals surface area contributed by atoms with E-state index in [4.69, 9.17) is 4.74 Å². The molecule has 1 fully saturated rings. The van der Waals surface area contributed by atoms with Gasteiger partial charge in [-0.05, 0) is 67.5 Å². The number of carbonyl (C=O) groups is 2. The van der Waals surface area contributed by atoms with Crippen LogP contribution in [0.2, 0.25) is 0 Å². The largest absolute Gasteiger partial charge is 0.497 e. The number of hydrogen-bond donors (Lipinski definition) is 2. The lowest BCUT2D eigenvalue weighted by Gasteiger charge is -2.30. The predicted molar refractivity (Wildman–Crippen MR) is 135 cm³/mol. The summed E-state index contributed by atoms with van der Waals surface area (Å²) in [6.07, 6.45) is 7.16. The molecule has 2 aromatic rings. The molecule has 1 saturated carbocycles. The van der Waals surface area contributed by atoms with E-state index >= 15 is 0 Å². The molecule has 0 bridgehead atoms. The van der Waals surface area contributed by atoms with Crippen LogP contribution < -0.4 is 20.3 Å². The number of nitrogens with one attached hydrogen (secondary N) is 2. The Morgan fingerprint density at radius 2 is 1.91 bits per heavy atom. The van der Waals surface area contributed by atoms with Gasteiger partial charge in [-0.2, -0.15) is 0 Å². The lowest BCUT2D eigenvalue weighted by molar-refractivity contribution is -0.127. The van der Waals surface area contributed by atoms with Crippen LogP contribution in [-0.2, 0) is 11.2 Å². The maximum absolute atomic E-state index is 13.7. The quantitative estimate of drug-likeness (QED) is 0.530. The molecular formula is C28H36FN3O3. The van der Waals surface area contributed by atoms with Crippen LogP contribution in [0.25, 0.3) is 0 Å². The molecule has 1 unspecified atom stereocenters. The molecule has 4 rings (SSSR count). The Balaban J connectivity index is 1.30. The zero-order chi connectivity index (χ0) is 24.6. The van der Waals surface area contributed by atoms with Crippen molar-refractivity contribution in [3.8, 4) is 5.75 Å². The van der Waals surface area contributed by atoms with Gasteiger partial charge in [-0.15, -0.1) is 0 Å². The van der Waals surface area contributed by atoms with E-state index in [0.29, 0.717) is 43.3 Å². The van der Waals surface area contributed by atoms with Crippen molar-refractivity contribution in [2.45, 2.75) is 44.9 Å². The van der Waals surface area contributed by atoms with E-state index < -0.39 is 0 Å². The molecule has 1 aliphatic heterocycles. The first-order chi connectivity index (χ1) is 17.0. The lowest BCUT2D eigenvalue weighted by Crippen LogP contribution is -2.41. The Labute approximate surface area is 207 Å². The minimum Gasteiger partial charge on any atom is -0.497 e. The summed E-state index contributed by atoms with van der Waals surface area (Å²) < 4.78 is 18.9. The van der Waals surface area contributed by atoms with Gasteiger partial charge < -0.3 is 20.3 Å². The van der Waals surface area contributed by atoms with Gasteiger partial charge in [0.25, 0.3) is 5.91 Å². The third-order valence-corrected chi connectivity index (χ3v) is 7.35. The Morgan fingerprint density at radius 1 is 1.09 bits per heavy atom. The maximum atomic E-state index is 13.7. The fraction of sp³-hybridized carbons (Fsp3) is 0.500. The van der Waals surface area contributed by atoms with Crippen LogP contribution in [0.15, 0.2) is 42.5 Å². The summed E-state index contributed by atoms with van der Waals surface area (Å²) in [7, 11) is 1.57. The summed E-state index contributed by atoms with van der Waals surface area (Å²) in [6, 6.07) is 12.0. The van der Waals surface area contributed by atoms with Gasteiger partial charge in [0.1, 0.15) is 11.6 Å². The predicted octanol–water partition coefficient (Wildman–Crippen LogP) is 4.33. The van der Waals surface area contributed by atoms with Crippen molar-refractivity contribution in [2.75, 3.05) is 38.2 Å². The van der Waals surface area contributed by atoms with Crippen molar-refractivity contribution in [1.29, 1.82) is 0 Å². The van der Waals surface area contributed by atoms with Gasteiger partial charge in [0, 0.05) is 43.3 Å². The molecule has 1 heterocycles. The van der Waals surface area contributed by atoms with Gasteiger partial charge in [0.2, 0.25) is 5.91 Å². The van der Waals surface area contributed by atoms with Crippen LogP contribution in [0.5, 0.6) is 5.75 Å². The second-order valence-electron chi connectivity index (χ2n) is 9.58. The summed E-state index contributed by atoms with van der Waals surface area (Å²) in [4.78, 5) is 28.0. The van der Waals surface area contributed by atoms with Gasteiger partial charge in [-0.25, -0.2) is 4.39 Å². The Hall–Kier alpha value is -3.09. The molecule has 35 heavy (non-hydrogen) atoms. The number of ether oxygens (including phenoxy) is 1. The fourth-order valence-electron chi connectivity index (χ4n) is 5.42. The van der Waals surface area contributed by atoms with E-state index in [0.717, 1.165) is 49.9 Å². The molecule has 2 aromatic carbocycles. The summed E-state index contributed by atoms with van der Waals surface area (Å²) in [5.74, 6) is 0.537. The smallest absolute Gasteiger partial charge is 0.251 e. The van der Waals surface area contributed by atoms with Crippen molar-refractivity contribution in [2.24, 2.45) is 11.8 Å². The standard InChI is InChI=1S/C28H36FN3O3/c1-35-24-9-5-8-22(18-24)27(33)30-14-12-25(20-6-3-2-4-7-20)28(34)31-15-17-32-16-13-21-10-11-23(29)19-26(21)32/h5,8-11,18-20,25H,2-4,6-7,12-17H2,1H3,(H,30,33)(H,31,34). The van der Waals surface area contributed by atoms with Crippen LogP contribution in [0.3, 0.4) is 0 Å². The molecule has 2 aliphatic rings. The summed E-state index contributed by atoms with van der Waals surface area (Å²) in [5.41, 5.74) is 2.64.